The first-order valence-corrected chi connectivity index (χ1v) is 5.61. The van der Waals surface area contributed by atoms with E-state index in [-0.39, 0.29) is 17.1 Å². The van der Waals surface area contributed by atoms with E-state index in [2.05, 4.69) is 10.4 Å². The maximum absolute atomic E-state index is 11.5. The van der Waals surface area contributed by atoms with Gasteiger partial charge in [0.05, 0.1) is 10.3 Å². The number of nitrogens with one attached hydrogen (secondary N) is 1. The van der Waals surface area contributed by atoms with E-state index in [1.807, 2.05) is 32.0 Å². The molecule has 1 atom stereocenters. The Bertz CT molecular complexity index is 316. The van der Waals surface area contributed by atoms with Crippen molar-refractivity contribution >= 4 is 17.7 Å². The Morgan fingerprint density at radius 3 is 2.73 bits per heavy atom. The molecule has 0 aliphatic carbocycles. The Morgan fingerprint density at radius 2 is 2.27 bits per heavy atom. The van der Waals surface area contributed by atoms with E-state index in [1.165, 1.54) is 11.8 Å². The summed E-state index contributed by atoms with van der Waals surface area (Å²) in [6, 6.07) is 5.62. The molecule has 1 aromatic heterocycles. The van der Waals surface area contributed by atoms with E-state index >= 15 is 0 Å². The number of hydrogen-bond donors (Lipinski definition) is 2. The van der Waals surface area contributed by atoms with Crippen LogP contribution in [0.5, 0.6) is 0 Å². The number of hydrogen-bond acceptors (Lipinski definition) is 4. The van der Waals surface area contributed by atoms with Crippen molar-refractivity contribution in [3.63, 3.8) is 0 Å². The van der Waals surface area contributed by atoms with Gasteiger partial charge >= 0.3 is 0 Å². The zero-order valence-electron chi connectivity index (χ0n) is 8.81. The molecule has 0 saturated carbocycles. The fourth-order valence-electron chi connectivity index (χ4n) is 1.12. The quantitative estimate of drug-likeness (QED) is 0.349. The Balaban J connectivity index is 2.72. The molecule has 4 nitrogen and oxygen atoms in total. The highest BCUT2D eigenvalue weighted by Gasteiger charge is 2.22. The van der Waals surface area contributed by atoms with E-state index in [9.17, 15) is 4.79 Å². The van der Waals surface area contributed by atoms with Gasteiger partial charge < -0.3 is 0 Å². The van der Waals surface area contributed by atoms with Gasteiger partial charge in [-0.15, -0.1) is 0 Å². The number of carbonyl (C=O) groups is 1. The van der Waals surface area contributed by atoms with Gasteiger partial charge in [-0.1, -0.05) is 31.7 Å². The highest BCUT2D eigenvalue weighted by molar-refractivity contribution is 8.00. The number of thioether (sulfide) groups is 1. The van der Waals surface area contributed by atoms with Crippen molar-refractivity contribution < 1.29 is 4.79 Å². The molecule has 0 radical (unpaired) electrons. The van der Waals surface area contributed by atoms with Crippen LogP contribution in [0.4, 0.5) is 0 Å². The van der Waals surface area contributed by atoms with Crippen molar-refractivity contribution in [1.29, 1.82) is 0 Å². The molecule has 0 aliphatic heterocycles. The van der Waals surface area contributed by atoms with Crippen molar-refractivity contribution in [2.75, 3.05) is 0 Å². The van der Waals surface area contributed by atoms with E-state index in [0.717, 1.165) is 5.03 Å². The number of aromatic nitrogens is 1. The summed E-state index contributed by atoms with van der Waals surface area (Å²) < 4.78 is 0. The van der Waals surface area contributed by atoms with Gasteiger partial charge in [-0.3, -0.25) is 10.2 Å². The van der Waals surface area contributed by atoms with Crippen LogP contribution in [0.3, 0.4) is 0 Å². The van der Waals surface area contributed by atoms with E-state index in [4.69, 9.17) is 5.84 Å². The Hall–Kier alpha value is -1.07. The van der Waals surface area contributed by atoms with E-state index in [0.29, 0.717) is 0 Å². The number of carbonyl (C=O) groups excluding carboxylic acids is 1. The number of hydrazine groups is 1. The molecular weight excluding hydrogens is 210 g/mol. The van der Waals surface area contributed by atoms with Crippen LogP contribution in [0, 0.1) is 5.92 Å². The van der Waals surface area contributed by atoms with Gasteiger partial charge in [0.2, 0.25) is 5.91 Å². The fraction of sp³-hybridized carbons (Fsp3) is 0.400. The Morgan fingerprint density at radius 1 is 1.53 bits per heavy atom. The van der Waals surface area contributed by atoms with Crippen LogP contribution in [0.1, 0.15) is 13.8 Å². The molecule has 0 spiro atoms. The largest absolute Gasteiger partial charge is 0.293 e. The summed E-state index contributed by atoms with van der Waals surface area (Å²) in [5, 5.41) is 0.629. The molecule has 3 N–H and O–H groups in total. The zero-order chi connectivity index (χ0) is 11.3. The monoisotopic (exact) mass is 225 g/mol. The second kappa shape index (κ2) is 5.72. The van der Waals surface area contributed by atoms with Crippen LogP contribution < -0.4 is 11.3 Å². The molecule has 0 aliphatic rings. The molecule has 82 valence electrons. The maximum atomic E-state index is 11.5. The molecule has 0 aromatic carbocycles. The van der Waals surface area contributed by atoms with Crippen LogP contribution >= 0.6 is 11.8 Å². The van der Waals surface area contributed by atoms with Crippen molar-refractivity contribution in [2.24, 2.45) is 11.8 Å². The molecular formula is C10H15N3OS. The van der Waals surface area contributed by atoms with Gasteiger partial charge in [0.15, 0.2) is 0 Å². The summed E-state index contributed by atoms with van der Waals surface area (Å²) in [5.41, 5.74) is 2.18. The molecule has 1 heterocycles. The fourth-order valence-corrected chi connectivity index (χ4v) is 2.11. The minimum absolute atomic E-state index is 0.166. The third-order valence-electron chi connectivity index (χ3n) is 1.89. The van der Waals surface area contributed by atoms with Gasteiger partial charge in [-0.2, -0.15) is 0 Å². The van der Waals surface area contributed by atoms with Crippen molar-refractivity contribution in [1.82, 2.24) is 10.4 Å². The topological polar surface area (TPSA) is 68.0 Å². The molecule has 1 amide bonds. The second-order valence-corrected chi connectivity index (χ2v) is 4.62. The molecule has 1 rings (SSSR count). The predicted octanol–water partition coefficient (Wildman–Crippen LogP) is 1.19. The minimum atomic E-state index is -0.204. The Kier molecular flexibility index (Phi) is 4.58. The number of rotatable bonds is 4. The standard InChI is InChI=1S/C10H15N3OS/c1-7(2)9(10(14)13-11)15-8-5-3-4-6-12-8/h3-7,9H,11H2,1-2H3,(H,13,14). The number of pyridine rings is 1. The summed E-state index contributed by atoms with van der Waals surface area (Å²) >= 11 is 1.43. The molecule has 1 aromatic rings. The first kappa shape index (κ1) is 12.0. The highest BCUT2D eigenvalue weighted by Crippen LogP contribution is 2.26. The van der Waals surface area contributed by atoms with E-state index < -0.39 is 0 Å². The third kappa shape index (κ3) is 3.53. The number of amides is 1. The van der Waals surface area contributed by atoms with Crippen molar-refractivity contribution in [3.8, 4) is 0 Å². The van der Waals surface area contributed by atoms with Gasteiger partial charge in [-0.05, 0) is 18.1 Å². The first-order chi connectivity index (χ1) is 7.15. The first-order valence-electron chi connectivity index (χ1n) is 4.73. The van der Waals surface area contributed by atoms with Crippen LogP contribution in [0.25, 0.3) is 0 Å². The summed E-state index contributed by atoms with van der Waals surface area (Å²) in [4.78, 5) is 15.6. The summed E-state index contributed by atoms with van der Waals surface area (Å²) in [5.74, 6) is 5.17. The van der Waals surface area contributed by atoms with Crippen LogP contribution in [-0.4, -0.2) is 16.1 Å². The lowest BCUT2D eigenvalue weighted by Gasteiger charge is -2.17. The lowest BCUT2D eigenvalue weighted by molar-refractivity contribution is -0.121. The van der Waals surface area contributed by atoms with Crippen LogP contribution in [0.2, 0.25) is 0 Å². The maximum Gasteiger partial charge on any atom is 0.247 e. The predicted molar refractivity (Wildman–Crippen MR) is 61.1 cm³/mol. The molecule has 0 bridgehead atoms. The minimum Gasteiger partial charge on any atom is -0.293 e. The van der Waals surface area contributed by atoms with Crippen molar-refractivity contribution in [3.05, 3.63) is 24.4 Å². The Labute approximate surface area is 93.6 Å². The second-order valence-electron chi connectivity index (χ2n) is 3.46. The summed E-state index contributed by atoms with van der Waals surface area (Å²) in [7, 11) is 0. The van der Waals surface area contributed by atoms with Crippen LogP contribution in [-0.2, 0) is 4.79 Å². The molecule has 15 heavy (non-hydrogen) atoms. The third-order valence-corrected chi connectivity index (χ3v) is 3.39. The van der Waals surface area contributed by atoms with Crippen molar-refractivity contribution in [2.45, 2.75) is 24.1 Å². The van der Waals surface area contributed by atoms with Crippen LogP contribution in [0.15, 0.2) is 29.4 Å². The number of nitrogens with two attached hydrogens (primary N) is 1. The lowest BCUT2D eigenvalue weighted by atomic mass is 10.1. The summed E-state index contributed by atoms with van der Waals surface area (Å²) in [6.07, 6.45) is 1.71. The van der Waals surface area contributed by atoms with Gasteiger partial charge in [-0.25, -0.2) is 10.8 Å². The zero-order valence-corrected chi connectivity index (χ0v) is 9.62. The normalized spacial score (nSPS) is 12.5. The van der Waals surface area contributed by atoms with Gasteiger partial charge in [0.1, 0.15) is 0 Å². The molecule has 5 heteroatoms. The summed E-state index contributed by atoms with van der Waals surface area (Å²) in [6.45, 7) is 3.96. The molecule has 0 saturated heterocycles. The van der Waals surface area contributed by atoms with Gasteiger partial charge in [0.25, 0.3) is 0 Å². The SMILES string of the molecule is CC(C)C(Sc1ccccn1)C(=O)NN. The average molecular weight is 225 g/mol. The van der Waals surface area contributed by atoms with Gasteiger partial charge in [0, 0.05) is 6.20 Å². The molecule has 0 fully saturated rings. The molecule has 1 unspecified atom stereocenters. The number of nitrogens with zero attached hydrogens (tertiary/aromatic N) is 1. The lowest BCUT2D eigenvalue weighted by Crippen LogP contribution is -2.39. The highest BCUT2D eigenvalue weighted by atomic mass is 32.2. The average Bonchev–Trinajstić information content (AvgIpc) is 2.26. The smallest absolute Gasteiger partial charge is 0.247 e. The van der Waals surface area contributed by atoms with E-state index in [1.54, 1.807) is 6.20 Å².